The van der Waals surface area contributed by atoms with Gasteiger partial charge in [-0.1, -0.05) is 12.1 Å². The van der Waals surface area contributed by atoms with Crippen LogP contribution in [0.1, 0.15) is 36.0 Å². The first kappa shape index (κ1) is 21.1. The lowest BCUT2D eigenvalue weighted by Gasteiger charge is -2.25. The Morgan fingerprint density at radius 2 is 1.90 bits per heavy atom. The lowest BCUT2D eigenvalue weighted by atomic mass is 10.0. The molecule has 5 nitrogen and oxygen atoms in total. The van der Waals surface area contributed by atoms with Crippen molar-refractivity contribution in [1.82, 2.24) is 0 Å². The molecule has 2 aromatic carbocycles. The molecule has 2 aliphatic rings. The van der Waals surface area contributed by atoms with Gasteiger partial charge in [0.05, 0.1) is 28.5 Å². The fourth-order valence-electron chi connectivity index (χ4n) is 4.12. The number of hydrogen-bond donors (Lipinski definition) is 1. The Balaban J connectivity index is 1.66. The molecule has 1 aliphatic carbocycles. The van der Waals surface area contributed by atoms with E-state index in [9.17, 15) is 22.8 Å². The standard InChI is InChI=1S/C23H22F3N3O2/c1-13-10-19-20(11-14(13)2)29(22(31)15-6-5-9-17(15)27-19)12-21(30)28-18-8-4-3-7-16(18)23(24,25)26/h3-4,7-8,10-11,15H,5-6,9,12H2,1-2H3,(H,28,30)/t15-/m1/s1. The molecule has 0 spiro atoms. The van der Waals surface area contributed by atoms with E-state index in [4.69, 9.17) is 4.99 Å². The van der Waals surface area contributed by atoms with Crippen molar-refractivity contribution in [1.29, 1.82) is 0 Å². The van der Waals surface area contributed by atoms with E-state index in [1.165, 1.54) is 23.1 Å². The highest BCUT2D eigenvalue weighted by Gasteiger charge is 2.38. The molecule has 0 aromatic heterocycles. The zero-order valence-corrected chi connectivity index (χ0v) is 17.2. The van der Waals surface area contributed by atoms with E-state index in [2.05, 4.69) is 5.32 Å². The smallest absolute Gasteiger partial charge is 0.324 e. The lowest BCUT2D eigenvalue weighted by molar-refractivity contribution is -0.137. The average molecular weight is 429 g/mol. The van der Waals surface area contributed by atoms with Gasteiger partial charge in [0.25, 0.3) is 0 Å². The van der Waals surface area contributed by atoms with Crippen molar-refractivity contribution in [3.8, 4) is 0 Å². The molecule has 2 amide bonds. The monoisotopic (exact) mass is 429 g/mol. The number of nitrogens with one attached hydrogen (secondary N) is 1. The maximum absolute atomic E-state index is 13.3. The zero-order chi connectivity index (χ0) is 22.3. The molecule has 1 fully saturated rings. The van der Waals surface area contributed by atoms with Crippen molar-refractivity contribution < 1.29 is 22.8 Å². The lowest BCUT2D eigenvalue weighted by Crippen LogP contribution is -2.42. The molecule has 8 heteroatoms. The molecule has 0 radical (unpaired) electrons. The highest BCUT2D eigenvalue weighted by Crippen LogP contribution is 2.40. The number of rotatable bonds is 3. The van der Waals surface area contributed by atoms with Crippen LogP contribution in [0, 0.1) is 19.8 Å². The van der Waals surface area contributed by atoms with Crippen molar-refractivity contribution in [2.45, 2.75) is 39.3 Å². The summed E-state index contributed by atoms with van der Waals surface area (Å²) in [5.74, 6) is -1.34. The predicted octanol–water partition coefficient (Wildman–Crippen LogP) is 5.18. The third-order valence-corrected chi connectivity index (χ3v) is 5.85. The van der Waals surface area contributed by atoms with Gasteiger partial charge in [0, 0.05) is 5.71 Å². The highest BCUT2D eigenvalue weighted by molar-refractivity contribution is 6.17. The maximum atomic E-state index is 13.3. The van der Waals surface area contributed by atoms with Gasteiger partial charge in [-0.25, -0.2) is 0 Å². The van der Waals surface area contributed by atoms with Gasteiger partial charge in [-0.15, -0.1) is 0 Å². The summed E-state index contributed by atoms with van der Waals surface area (Å²) in [6.45, 7) is 3.45. The Bertz CT molecular complexity index is 1090. The van der Waals surface area contributed by atoms with E-state index in [1.54, 1.807) is 0 Å². The molecule has 2 aromatic rings. The SMILES string of the molecule is Cc1cc2c(cc1C)N(CC(=O)Nc1ccccc1C(F)(F)F)C(=O)[C@@H]1CCCC1=N2. The highest BCUT2D eigenvalue weighted by atomic mass is 19.4. The van der Waals surface area contributed by atoms with Crippen LogP contribution in [0.25, 0.3) is 0 Å². The Kier molecular flexibility index (Phi) is 5.33. The van der Waals surface area contributed by atoms with Crippen LogP contribution in [0.15, 0.2) is 41.4 Å². The first-order valence-electron chi connectivity index (χ1n) is 10.1. The zero-order valence-electron chi connectivity index (χ0n) is 17.2. The summed E-state index contributed by atoms with van der Waals surface area (Å²) in [7, 11) is 0. The van der Waals surface area contributed by atoms with E-state index in [1.807, 2.05) is 26.0 Å². The first-order chi connectivity index (χ1) is 14.6. The number of hydrogen-bond acceptors (Lipinski definition) is 3. The van der Waals surface area contributed by atoms with Crippen molar-refractivity contribution in [2.24, 2.45) is 10.9 Å². The molecule has 1 aliphatic heterocycles. The van der Waals surface area contributed by atoms with Crippen LogP contribution in [0.2, 0.25) is 0 Å². The number of carbonyl (C=O) groups excluding carboxylic acids is 2. The van der Waals surface area contributed by atoms with Gasteiger partial charge in [-0.2, -0.15) is 13.2 Å². The number of halogens is 3. The molecule has 0 unspecified atom stereocenters. The minimum atomic E-state index is -4.60. The van der Waals surface area contributed by atoms with Crippen molar-refractivity contribution in [3.63, 3.8) is 0 Å². The van der Waals surface area contributed by atoms with E-state index in [0.29, 0.717) is 17.8 Å². The Morgan fingerprint density at radius 1 is 1.19 bits per heavy atom. The number of anilines is 2. The topological polar surface area (TPSA) is 61.8 Å². The molecular formula is C23H22F3N3O2. The molecule has 1 heterocycles. The Labute approximate surface area is 178 Å². The summed E-state index contributed by atoms with van der Waals surface area (Å²) in [5, 5.41) is 2.33. The molecule has 1 N–H and O–H groups in total. The van der Waals surface area contributed by atoms with E-state index in [0.717, 1.165) is 35.7 Å². The van der Waals surface area contributed by atoms with Gasteiger partial charge in [0.2, 0.25) is 11.8 Å². The molecule has 31 heavy (non-hydrogen) atoms. The van der Waals surface area contributed by atoms with Gasteiger partial charge < -0.3 is 10.2 Å². The molecule has 162 valence electrons. The molecule has 4 rings (SSSR count). The van der Waals surface area contributed by atoms with Crippen LogP contribution >= 0.6 is 0 Å². The summed E-state index contributed by atoms with van der Waals surface area (Å²) in [6.07, 6.45) is -2.38. The van der Waals surface area contributed by atoms with Crippen molar-refractivity contribution in [2.75, 3.05) is 16.8 Å². The van der Waals surface area contributed by atoms with Crippen LogP contribution in [-0.2, 0) is 15.8 Å². The van der Waals surface area contributed by atoms with Gasteiger partial charge >= 0.3 is 6.18 Å². The minimum absolute atomic E-state index is 0.238. The number of benzene rings is 2. The molecule has 0 saturated heterocycles. The van der Waals surface area contributed by atoms with E-state index < -0.39 is 23.6 Å². The van der Waals surface area contributed by atoms with E-state index >= 15 is 0 Å². The minimum Gasteiger partial charge on any atom is -0.324 e. The number of alkyl halides is 3. The van der Waals surface area contributed by atoms with Crippen molar-refractivity contribution >= 4 is 34.6 Å². The third kappa shape index (κ3) is 4.06. The average Bonchev–Trinajstić information content (AvgIpc) is 3.13. The summed E-state index contributed by atoms with van der Waals surface area (Å²) in [6, 6.07) is 8.48. The number of amides is 2. The quantitative estimate of drug-likeness (QED) is 0.731. The summed E-state index contributed by atoms with van der Waals surface area (Å²) in [5.41, 5.74) is 2.61. The van der Waals surface area contributed by atoms with Crippen LogP contribution in [-0.4, -0.2) is 24.1 Å². The number of para-hydroxylation sites is 1. The summed E-state index contributed by atoms with van der Waals surface area (Å²) >= 11 is 0. The van der Waals surface area contributed by atoms with Gasteiger partial charge in [-0.05, 0) is 68.5 Å². The largest absolute Gasteiger partial charge is 0.418 e. The second kappa shape index (κ2) is 7.83. The first-order valence-corrected chi connectivity index (χ1v) is 10.1. The molecule has 0 bridgehead atoms. The second-order valence-electron chi connectivity index (χ2n) is 7.99. The normalized spacial score (nSPS) is 18.2. The van der Waals surface area contributed by atoms with Gasteiger partial charge in [-0.3, -0.25) is 14.6 Å². The number of aliphatic imine (C=N–C) groups is 1. The fourth-order valence-corrected chi connectivity index (χ4v) is 4.12. The molecule has 1 atom stereocenters. The predicted molar refractivity (Wildman–Crippen MR) is 113 cm³/mol. The van der Waals surface area contributed by atoms with Crippen LogP contribution in [0.5, 0.6) is 0 Å². The van der Waals surface area contributed by atoms with Crippen molar-refractivity contribution in [3.05, 3.63) is 53.1 Å². The van der Waals surface area contributed by atoms with Crippen LogP contribution in [0.3, 0.4) is 0 Å². The number of aryl methyl sites for hydroxylation is 2. The maximum Gasteiger partial charge on any atom is 0.418 e. The van der Waals surface area contributed by atoms with Crippen LogP contribution < -0.4 is 10.2 Å². The van der Waals surface area contributed by atoms with Gasteiger partial charge in [0.15, 0.2) is 0 Å². The number of fused-ring (bicyclic) bond motifs is 2. The Morgan fingerprint density at radius 3 is 2.65 bits per heavy atom. The fraction of sp³-hybridized carbons (Fsp3) is 0.348. The Hall–Kier alpha value is -3.16. The number of carbonyl (C=O) groups is 2. The summed E-state index contributed by atoms with van der Waals surface area (Å²) in [4.78, 5) is 32.1. The van der Waals surface area contributed by atoms with E-state index in [-0.39, 0.29) is 18.1 Å². The van der Waals surface area contributed by atoms with Gasteiger partial charge in [0.1, 0.15) is 6.54 Å². The van der Waals surface area contributed by atoms with Crippen LogP contribution in [0.4, 0.5) is 30.2 Å². The molecular weight excluding hydrogens is 407 g/mol. The second-order valence-corrected chi connectivity index (χ2v) is 7.99. The molecule has 1 saturated carbocycles. The summed E-state index contributed by atoms with van der Waals surface area (Å²) < 4.78 is 39.8. The number of nitrogens with zero attached hydrogens (tertiary/aromatic N) is 2. The third-order valence-electron chi connectivity index (χ3n) is 5.85.